The zero-order valence-electron chi connectivity index (χ0n) is 15.2. The minimum Gasteiger partial charge on any atom is -0.368 e. The lowest BCUT2D eigenvalue weighted by Crippen LogP contribution is -2.52. The highest BCUT2D eigenvalue weighted by Crippen LogP contribution is 2.24. The van der Waals surface area contributed by atoms with Crippen LogP contribution in [0.4, 0.5) is 0 Å². The Hall–Kier alpha value is -2.12. The number of carbonyl (C=O) groups is 3. The van der Waals surface area contributed by atoms with E-state index in [2.05, 4.69) is 29.7 Å². The van der Waals surface area contributed by atoms with Crippen molar-refractivity contribution in [1.82, 2.24) is 15.5 Å². The van der Waals surface area contributed by atoms with Gasteiger partial charge in [0, 0.05) is 26.6 Å². The van der Waals surface area contributed by atoms with Gasteiger partial charge in [0.1, 0.15) is 6.04 Å². The molecule has 1 heterocycles. The van der Waals surface area contributed by atoms with Crippen LogP contribution in [0.2, 0.25) is 0 Å². The van der Waals surface area contributed by atoms with E-state index in [0.29, 0.717) is 19.6 Å². The quantitative estimate of drug-likeness (QED) is 0.667. The standard InChI is InChI=1S/C18H26N4O3.ClH/c1-3-13-4-6-14(7-5-13)16-11-20-8-9-22(16)17(24)10-15(18(19)25)21-12(2)23;/h4-7,15-16,20H,3,8-11H2,1-2H3,(H2,19,25)(H,21,23);1H/t15-,16?;/m0./s1. The van der Waals surface area contributed by atoms with E-state index in [9.17, 15) is 14.4 Å². The molecule has 4 N–H and O–H groups in total. The lowest BCUT2D eigenvalue weighted by atomic mass is 10.00. The number of rotatable bonds is 6. The smallest absolute Gasteiger partial charge is 0.240 e. The number of nitrogens with one attached hydrogen (secondary N) is 2. The Morgan fingerprint density at radius 2 is 1.96 bits per heavy atom. The molecule has 26 heavy (non-hydrogen) atoms. The molecule has 3 amide bonds. The molecule has 1 aliphatic heterocycles. The van der Waals surface area contributed by atoms with Gasteiger partial charge in [0.05, 0.1) is 12.5 Å². The van der Waals surface area contributed by atoms with Gasteiger partial charge in [-0.3, -0.25) is 14.4 Å². The molecule has 1 aromatic carbocycles. The van der Waals surface area contributed by atoms with Crippen LogP contribution in [0.5, 0.6) is 0 Å². The maximum absolute atomic E-state index is 12.7. The van der Waals surface area contributed by atoms with Crippen LogP contribution < -0.4 is 16.4 Å². The first kappa shape index (κ1) is 21.9. The molecule has 0 bridgehead atoms. The Bertz CT molecular complexity index is 636. The van der Waals surface area contributed by atoms with Crippen molar-refractivity contribution in [3.63, 3.8) is 0 Å². The number of aryl methyl sites for hydroxylation is 1. The van der Waals surface area contributed by atoms with Gasteiger partial charge in [-0.15, -0.1) is 12.4 Å². The normalized spacial score (nSPS) is 17.8. The van der Waals surface area contributed by atoms with Crippen molar-refractivity contribution in [2.45, 2.75) is 38.8 Å². The predicted octanol–water partition coefficient (Wildman–Crippen LogP) is 0.524. The lowest BCUT2D eigenvalue weighted by Gasteiger charge is -2.37. The van der Waals surface area contributed by atoms with E-state index in [0.717, 1.165) is 12.0 Å². The number of hydrogen-bond acceptors (Lipinski definition) is 4. The molecular formula is C18H27ClN4O3. The van der Waals surface area contributed by atoms with Gasteiger partial charge in [-0.1, -0.05) is 31.2 Å². The van der Waals surface area contributed by atoms with Crippen LogP contribution in [0.25, 0.3) is 0 Å². The molecule has 144 valence electrons. The van der Waals surface area contributed by atoms with Crippen molar-refractivity contribution in [3.05, 3.63) is 35.4 Å². The third kappa shape index (κ3) is 5.71. The van der Waals surface area contributed by atoms with Crippen molar-refractivity contribution >= 4 is 30.1 Å². The fraction of sp³-hybridized carbons (Fsp3) is 0.500. The minimum atomic E-state index is -0.983. The maximum Gasteiger partial charge on any atom is 0.240 e. The van der Waals surface area contributed by atoms with Crippen LogP contribution in [-0.4, -0.2) is 48.3 Å². The molecule has 0 spiro atoms. The third-order valence-corrected chi connectivity index (χ3v) is 4.44. The molecule has 0 aliphatic carbocycles. The van der Waals surface area contributed by atoms with Gasteiger partial charge in [0.25, 0.3) is 0 Å². The topological polar surface area (TPSA) is 105 Å². The van der Waals surface area contributed by atoms with Gasteiger partial charge < -0.3 is 21.3 Å². The Kier molecular flexibility index (Phi) is 8.54. The van der Waals surface area contributed by atoms with E-state index in [1.54, 1.807) is 4.90 Å². The summed E-state index contributed by atoms with van der Waals surface area (Å²) < 4.78 is 0. The van der Waals surface area contributed by atoms with Crippen LogP contribution >= 0.6 is 12.4 Å². The second-order valence-electron chi connectivity index (χ2n) is 6.26. The molecule has 0 aromatic heterocycles. The van der Waals surface area contributed by atoms with E-state index in [4.69, 9.17) is 5.73 Å². The van der Waals surface area contributed by atoms with Crippen LogP contribution in [0.1, 0.15) is 37.4 Å². The van der Waals surface area contributed by atoms with Crippen LogP contribution in [0.3, 0.4) is 0 Å². The summed E-state index contributed by atoms with van der Waals surface area (Å²) in [5.74, 6) is -1.28. The monoisotopic (exact) mass is 382 g/mol. The number of hydrogen-bond donors (Lipinski definition) is 3. The van der Waals surface area contributed by atoms with E-state index >= 15 is 0 Å². The summed E-state index contributed by atoms with van der Waals surface area (Å²) in [6.07, 6.45) is 0.835. The summed E-state index contributed by atoms with van der Waals surface area (Å²) in [4.78, 5) is 37.2. The van der Waals surface area contributed by atoms with Crippen molar-refractivity contribution in [2.24, 2.45) is 5.73 Å². The number of nitrogens with two attached hydrogens (primary N) is 1. The van der Waals surface area contributed by atoms with Gasteiger partial charge in [-0.25, -0.2) is 0 Å². The summed E-state index contributed by atoms with van der Waals surface area (Å²) in [7, 11) is 0. The summed E-state index contributed by atoms with van der Waals surface area (Å²) in [6, 6.07) is 7.12. The number of primary amides is 1. The summed E-state index contributed by atoms with van der Waals surface area (Å²) in [5.41, 5.74) is 7.59. The second kappa shape index (κ2) is 10.1. The number of nitrogens with zero attached hydrogens (tertiary/aromatic N) is 1. The Morgan fingerprint density at radius 3 is 2.50 bits per heavy atom. The first-order valence-electron chi connectivity index (χ1n) is 8.57. The van der Waals surface area contributed by atoms with Crippen LogP contribution in [0.15, 0.2) is 24.3 Å². The van der Waals surface area contributed by atoms with Crippen LogP contribution in [-0.2, 0) is 20.8 Å². The molecule has 2 atom stereocenters. The highest BCUT2D eigenvalue weighted by Gasteiger charge is 2.30. The molecule has 1 aromatic rings. The lowest BCUT2D eigenvalue weighted by molar-refractivity contribution is -0.137. The van der Waals surface area contributed by atoms with Crippen molar-refractivity contribution in [3.8, 4) is 0 Å². The van der Waals surface area contributed by atoms with Crippen molar-refractivity contribution < 1.29 is 14.4 Å². The SMILES string of the molecule is CCc1ccc(C2CNCCN2C(=O)C[C@H](NC(C)=O)C(N)=O)cc1.Cl. The number of amides is 3. The van der Waals surface area contributed by atoms with Crippen molar-refractivity contribution in [1.29, 1.82) is 0 Å². The van der Waals surface area contributed by atoms with Gasteiger partial charge in [-0.05, 0) is 17.5 Å². The van der Waals surface area contributed by atoms with Crippen LogP contribution in [0, 0.1) is 0 Å². The Morgan fingerprint density at radius 1 is 1.31 bits per heavy atom. The molecule has 7 nitrogen and oxygen atoms in total. The molecule has 1 unspecified atom stereocenters. The summed E-state index contributed by atoms with van der Waals surface area (Å²) >= 11 is 0. The number of halogens is 1. The van der Waals surface area contributed by atoms with E-state index < -0.39 is 11.9 Å². The maximum atomic E-state index is 12.7. The summed E-state index contributed by atoms with van der Waals surface area (Å²) in [6.45, 7) is 5.28. The largest absolute Gasteiger partial charge is 0.368 e. The van der Waals surface area contributed by atoms with E-state index in [1.807, 2.05) is 12.1 Å². The van der Waals surface area contributed by atoms with E-state index in [1.165, 1.54) is 12.5 Å². The van der Waals surface area contributed by atoms with Gasteiger partial charge >= 0.3 is 0 Å². The van der Waals surface area contributed by atoms with Gasteiger partial charge in [0.15, 0.2) is 0 Å². The average Bonchev–Trinajstić information content (AvgIpc) is 2.60. The number of piperazine rings is 1. The second-order valence-corrected chi connectivity index (χ2v) is 6.26. The first-order valence-corrected chi connectivity index (χ1v) is 8.57. The highest BCUT2D eigenvalue weighted by molar-refractivity contribution is 5.90. The molecular weight excluding hydrogens is 356 g/mol. The zero-order valence-corrected chi connectivity index (χ0v) is 16.0. The van der Waals surface area contributed by atoms with Gasteiger partial charge in [-0.2, -0.15) is 0 Å². The Labute approximate surface area is 160 Å². The molecule has 1 saturated heterocycles. The van der Waals surface area contributed by atoms with Gasteiger partial charge in [0.2, 0.25) is 17.7 Å². The number of carbonyl (C=O) groups excluding carboxylic acids is 3. The fourth-order valence-electron chi connectivity index (χ4n) is 3.04. The average molecular weight is 383 g/mol. The molecule has 2 rings (SSSR count). The molecule has 1 fully saturated rings. The molecule has 0 saturated carbocycles. The highest BCUT2D eigenvalue weighted by atomic mass is 35.5. The number of benzene rings is 1. The Balaban J connectivity index is 0.00000338. The van der Waals surface area contributed by atoms with E-state index in [-0.39, 0.29) is 36.7 Å². The zero-order chi connectivity index (χ0) is 18.4. The van der Waals surface area contributed by atoms with Crippen molar-refractivity contribution in [2.75, 3.05) is 19.6 Å². The summed E-state index contributed by atoms with van der Waals surface area (Å²) in [5, 5.41) is 5.74. The predicted molar refractivity (Wildman–Crippen MR) is 102 cm³/mol. The fourth-order valence-corrected chi connectivity index (χ4v) is 3.04. The molecule has 0 radical (unpaired) electrons. The molecule has 8 heteroatoms. The first-order chi connectivity index (χ1) is 11.9. The molecule has 1 aliphatic rings. The third-order valence-electron chi connectivity index (χ3n) is 4.44. The minimum absolute atomic E-state index is 0.